The van der Waals surface area contributed by atoms with Crippen molar-refractivity contribution < 1.29 is 4.84 Å². The standard InChI is InChI=1S/C18H26N2O/c1-20(2)13-14-21-19-18-12-8-4-7-11-17(18)15-16-9-5-3-6-10-16/h3,5-6,9-10,15H,4,7-8,11-14H2,1-2H3. The quantitative estimate of drug-likeness (QED) is 0.465. The Morgan fingerprint density at radius 3 is 2.62 bits per heavy atom. The summed E-state index contributed by atoms with van der Waals surface area (Å²) < 4.78 is 0. The summed E-state index contributed by atoms with van der Waals surface area (Å²) >= 11 is 0. The third-order valence-electron chi connectivity index (χ3n) is 3.68. The molecule has 0 aromatic heterocycles. The zero-order chi connectivity index (χ0) is 14.9. The lowest BCUT2D eigenvalue weighted by atomic mass is 10.0. The Bertz CT molecular complexity index is 477. The van der Waals surface area contributed by atoms with Gasteiger partial charge in [0.25, 0.3) is 0 Å². The van der Waals surface area contributed by atoms with Gasteiger partial charge in [0, 0.05) is 6.54 Å². The van der Waals surface area contributed by atoms with Crippen LogP contribution in [0.1, 0.15) is 37.7 Å². The van der Waals surface area contributed by atoms with E-state index in [1.165, 1.54) is 30.4 Å². The van der Waals surface area contributed by atoms with Crippen LogP contribution >= 0.6 is 0 Å². The Hall–Kier alpha value is -1.61. The first-order valence-corrected chi connectivity index (χ1v) is 7.85. The van der Waals surface area contributed by atoms with Gasteiger partial charge in [-0.1, -0.05) is 41.9 Å². The average Bonchev–Trinajstić information content (AvgIpc) is 2.70. The highest BCUT2D eigenvalue weighted by Crippen LogP contribution is 2.23. The summed E-state index contributed by atoms with van der Waals surface area (Å²) in [6, 6.07) is 10.5. The normalized spacial score (nSPS) is 20.0. The van der Waals surface area contributed by atoms with Crippen molar-refractivity contribution >= 4 is 11.8 Å². The molecule has 2 rings (SSSR count). The number of nitrogens with zero attached hydrogens (tertiary/aromatic N) is 2. The summed E-state index contributed by atoms with van der Waals surface area (Å²) in [7, 11) is 4.09. The van der Waals surface area contributed by atoms with Gasteiger partial charge in [-0.2, -0.15) is 0 Å². The molecule has 1 aliphatic carbocycles. The van der Waals surface area contributed by atoms with Crippen LogP contribution < -0.4 is 0 Å². The first kappa shape index (κ1) is 15.8. The van der Waals surface area contributed by atoms with E-state index in [9.17, 15) is 0 Å². The lowest BCUT2D eigenvalue weighted by molar-refractivity contribution is 0.125. The number of rotatable bonds is 5. The molecule has 0 spiro atoms. The molecule has 3 nitrogen and oxygen atoms in total. The second-order valence-corrected chi connectivity index (χ2v) is 5.82. The maximum atomic E-state index is 5.51. The molecule has 1 aromatic carbocycles. The molecular formula is C18H26N2O. The zero-order valence-corrected chi connectivity index (χ0v) is 13.2. The molecule has 0 radical (unpaired) electrons. The zero-order valence-electron chi connectivity index (χ0n) is 13.2. The molecule has 1 saturated carbocycles. The highest BCUT2D eigenvalue weighted by molar-refractivity contribution is 6.03. The van der Waals surface area contributed by atoms with Gasteiger partial charge in [0.2, 0.25) is 0 Å². The summed E-state index contributed by atoms with van der Waals surface area (Å²) in [5.74, 6) is 0. The van der Waals surface area contributed by atoms with Gasteiger partial charge in [0.05, 0.1) is 5.71 Å². The van der Waals surface area contributed by atoms with Gasteiger partial charge in [-0.15, -0.1) is 0 Å². The van der Waals surface area contributed by atoms with Crippen LogP contribution in [0.25, 0.3) is 6.08 Å². The molecule has 114 valence electrons. The van der Waals surface area contributed by atoms with Crippen LogP contribution in [0.15, 0.2) is 41.1 Å². The lowest BCUT2D eigenvalue weighted by Gasteiger charge is -2.10. The van der Waals surface area contributed by atoms with Crippen molar-refractivity contribution in [2.45, 2.75) is 32.1 Å². The highest BCUT2D eigenvalue weighted by atomic mass is 16.6. The second-order valence-electron chi connectivity index (χ2n) is 5.82. The maximum absolute atomic E-state index is 5.51. The van der Waals surface area contributed by atoms with E-state index in [4.69, 9.17) is 4.84 Å². The average molecular weight is 286 g/mol. The van der Waals surface area contributed by atoms with Crippen molar-refractivity contribution in [1.82, 2.24) is 4.90 Å². The van der Waals surface area contributed by atoms with E-state index in [2.05, 4.69) is 46.5 Å². The first-order valence-electron chi connectivity index (χ1n) is 7.85. The van der Waals surface area contributed by atoms with Crippen LogP contribution in [-0.2, 0) is 4.84 Å². The summed E-state index contributed by atoms with van der Waals surface area (Å²) in [5.41, 5.74) is 3.72. The summed E-state index contributed by atoms with van der Waals surface area (Å²) in [4.78, 5) is 7.62. The molecule has 1 fully saturated rings. The number of hydrogen-bond acceptors (Lipinski definition) is 3. The van der Waals surface area contributed by atoms with Gasteiger partial charge >= 0.3 is 0 Å². The van der Waals surface area contributed by atoms with Crippen molar-refractivity contribution in [3.63, 3.8) is 0 Å². The van der Waals surface area contributed by atoms with Crippen LogP contribution in [-0.4, -0.2) is 37.9 Å². The number of allylic oxidation sites excluding steroid dienone is 1. The van der Waals surface area contributed by atoms with Crippen LogP contribution in [0, 0.1) is 0 Å². The first-order chi connectivity index (χ1) is 10.3. The van der Waals surface area contributed by atoms with Crippen LogP contribution in [0.3, 0.4) is 0 Å². The minimum Gasteiger partial charge on any atom is -0.394 e. The molecule has 0 heterocycles. The molecule has 21 heavy (non-hydrogen) atoms. The van der Waals surface area contributed by atoms with E-state index < -0.39 is 0 Å². The monoisotopic (exact) mass is 286 g/mol. The fraction of sp³-hybridized carbons (Fsp3) is 0.500. The van der Waals surface area contributed by atoms with E-state index in [0.717, 1.165) is 25.1 Å². The Labute approximate surface area is 128 Å². The molecule has 0 unspecified atom stereocenters. The Morgan fingerprint density at radius 1 is 1.10 bits per heavy atom. The second kappa shape index (κ2) is 8.63. The van der Waals surface area contributed by atoms with E-state index in [0.29, 0.717) is 6.61 Å². The molecule has 3 heteroatoms. The predicted octanol–water partition coefficient (Wildman–Crippen LogP) is 3.97. The van der Waals surface area contributed by atoms with Crippen molar-refractivity contribution in [3.05, 3.63) is 41.5 Å². The summed E-state index contributed by atoms with van der Waals surface area (Å²) in [6.45, 7) is 1.55. The predicted molar refractivity (Wildman–Crippen MR) is 89.4 cm³/mol. The van der Waals surface area contributed by atoms with Crippen molar-refractivity contribution in [3.8, 4) is 0 Å². The molecule has 1 aliphatic rings. The van der Waals surface area contributed by atoms with E-state index in [1.54, 1.807) is 0 Å². The fourth-order valence-electron chi connectivity index (χ4n) is 2.45. The fourth-order valence-corrected chi connectivity index (χ4v) is 2.45. The third kappa shape index (κ3) is 5.72. The molecule has 0 atom stereocenters. The molecule has 0 saturated heterocycles. The van der Waals surface area contributed by atoms with Crippen molar-refractivity contribution in [2.75, 3.05) is 27.2 Å². The number of benzene rings is 1. The Kier molecular flexibility index (Phi) is 6.48. The smallest absolute Gasteiger partial charge is 0.129 e. The molecule has 0 N–H and O–H groups in total. The molecule has 0 bridgehead atoms. The van der Waals surface area contributed by atoms with Crippen LogP contribution in [0.4, 0.5) is 0 Å². The third-order valence-corrected chi connectivity index (χ3v) is 3.68. The highest BCUT2D eigenvalue weighted by Gasteiger charge is 2.12. The van der Waals surface area contributed by atoms with Gasteiger partial charge in [0.1, 0.15) is 6.61 Å². The van der Waals surface area contributed by atoms with Gasteiger partial charge in [0.15, 0.2) is 0 Å². The number of likely N-dealkylation sites (N-methyl/N-ethyl adjacent to an activating group) is 1. The van der Waals surface area contributed by atoms with Gasteiger partial charge in [-0.25, -0.2) is 0 Å². The number of oxime groups is 1. The minimum atomic E-state index is 0.648. The topological polar surface area (TPSA) is 24.8 Å². The molecular weight excluding hydrogens is 260 g/mol. The molecule has 1 aromatic rings. The van der Waals surface area contributed by atoms with E-state index in [-0.39, 0.29) is 0 Å². The van der Waals surface area contributed by atoms with E-state index >= 15 is 0 Å². The molecule has 0 aliphatic heterocycles. The SMILES string of the molecule is CN(C)CCON=C1CCCCCC1=Cc1ccccc1. The van der Waals surface area contributed by atoms with Crippen molar-refractivity contribution in [1.29, 1.82) is 0 Å². The molecule has 0 amide bonds. The Balaban J connectivity index is 2.07. The van der Waals surface area contributed by atoms with Gasteiger partial charge in [-0.3, -0.25) is 0 Å². The lowest BCUT2D eigenvalue weighted by Crippen LogP contribution is -2.17. The summed E-state index contributed by atoms with van der Waals surface area (Å²) in [6.07, 6.45) is 8.13. The minimum absolute atomic E-state index is 0.648. The summed E-state index contributed by atoms with van der Waals surface area (Å²) in [5, 5.41) is 4.41. The maximum Gasteiger partial charge on any atom is 0.129 e. The largest absolute Gasteiger partial charge is 0.394 e. The van der Waals surface area contributed by atoms with Gasteiger partial charge in [-0.05, 0) is 57.0 Å². The van der Waals surface area contributed by atoms with E-state index in [1.807, 2.05) is 14.1 Å². The Morgan fingerprint density at radius 2 is 1.86 bits per heavy atom. The van der Waals surface area contributed by atoms with Crippen LogP contribution in [0.2, 0.25) is 0 Å². The van der Waals surface area contributed by atoms with Gasteiger partial charge < -0.3 is 9.74 Å². The van der Waals surface area contributed by atoms with Crippen molar-refractivity contribution in [2.24, 2.45) is 5.16 Å². The number of hydrogen-bond donors (Lipinski definition) is 0. The van der Waals surface area contributed by atoms with Crippen LogP contribution in [0.5, 0.6) is 0 Å².